The standard InChI is InChI=1S/C14H13F2N3O2S/c1-7-11(13(21)19(2)3)22-14(17-7)18-12(20)10-8(15)5-4-6-9(10)16/h4-6H,1-3H3,(H,17,18,20). The molecule has 0 aliphatic rings. The lowest BCUT2D eigenvalue weighted by Crippen LogP contribution is -2.21. The van der Waals surface area contributed by atoms with E-state index in [4.69, 9.17) is 0 Å². The summed E-state index contributed by atoms with van der Waals surface area (Å²) in [5, 5.41) is 2.42. The molecule has 0 saturated heterocycles. The van der Waals surface area contributed by atoms with E-state index >= 15 is 0 Å². The highest BCUT2D eigenvalue weighted by Crippen LogP contribution is 2.24. The van der Waals surface area contributed by atoms with Crippen molar-refractivity contribution >= 4 is 28.3 Å². The minimum Gasteiger partial charge on any atom is -0.344 e. The maximum atomic E-state index is 13.5. The van der Waals surface area contributed by atoms with Crippen molar-refractivity contribution in [3.63, 3.8) is 0 Å². The molecule has 0 unspecified atom stereocenters. The third-order valence-electron chi connectivity index (χ3n) is 2.81. The monoisotopic (exact) mass is 325 g/mol. The van der Waals surface area contributed by atoms with E-state index in [0.29, 0.717) is 10.6 Å². The second kappa shape index (κ2) is 6.18. The Morgan fingerprint density at radius 2 is 1.82 bits per heavy atom. The molecule has 8 heteroatoms. The molecular weight excluding hydrogens is 312 g/mol. The normalized spacial score (nSPS) is 10.4. The second-order valence-corrected chi connectivity index (χ2v) is 5.68. The van der Waals surface area contributed by atoms with Crippen molar-refractivity contribution < 1.29 is 18.4 Å². The van der Waals surface area contributed by atoms with Crippen LogP contribution in [0.4, 0.5) is 13.9 Å². The molecule has 0 fully saturated rings. The first-order chi connectivity index (χ1) is 10.3. The number of carbonyl (C=O) groups excluding carboxylic acids is 2. The zero-order chi connectivity index (χ0) is 16.4. The van der Waals surface area contributed by atoms with Crippen molar-refractivity contribution in [2.45, 2.75) is 6.92 Å². The van der Waals surface area contributed by atoms with Gasteiger partial charge >= 0.3 is 0 Å². The van der Waals surface area contributed by atoms with E-state index in [1.54, 1.807) is 21.0 Å². The van der Waals surface area contributed by atoms with Crippen LogP contribution in [0.1, 0.15) is 25.7 Å². The number of nitrogens with zero attached hydrogens (tertiary/aromatic N) is 2. The number of rotatable bonds is 3. The highest BCUT2D eigenvalue weighted by molar-refractivity contribution is 7.17. The van der Waals surface area contributed by atoms with Gasteiger partial charge in [0.2, 0.25) is 0 Å². The summed E-state index contributed by atoms with van der Waals surface area (Å²) in [5.41, 5.74) is -0.246. The summed E-state index contributed by atoms with van der Waals surface area (Å²) < 4.78 is 27.1. The Morgan fingerprint density at radius 1 is 1.23 bits per heavy atom. The van der Waals surface area contributed by atoms with E-state index in [9.17, 15) is 18.4 Å². The molecule has 1 aromatic carbocycles. The van der Waals surface area contributed by atoms with Crippen LogP contribution >= 0.6 is 11.3 Å². The molecule has 1 aromatic heterocycles. The van der Waals surface area contributed by atoms with Gasteiger partial charge in [-0.25, -0.2) is 13.8 Å². The molecule has 2 rings (SSSR count). The van der Waals surface area contributed by atoms with Crippen LogP contribution < -0.4 is 5.32 Å². The number of anilines is 1. The number of aromatic nitrogens is 1. The molecule has 0 radical (unpaired) electrons. The van der Waals surface area contributed by atoms with Gasteiger partial charge in [0.15, 0.2) is 5.13 Å². The Labute approximate surface area is 129 Å². The summed E-state index contributed by atoms with van der Waals surface area (Å²) in [5.74, 6) is -3.13. The van der Waals surface area contributed by atoms with Crippen LogP contribution in [0.3, 0.4) is 0 Å². The maximum absolute atomic E-state index is 13.5. The van der Waals surface area contributed by atoms with Gasteiger partial charge in [-0.2, -0.15) is 0 Å². The van der Waals surface area contributed by atoms with Crippen LogP contribution in [0.25, 0.3) is 0 Å². The van der Waals surface area contributed by atoms with Crippen LogP contribution in [-0.4, -0.2) is 35.8 Å². The van der Waals surface area contributed by atoms with Gasteiger partial charge in [-0.15, -0.1) is 0 Å². The number of nitrogens with one attached hydrogen (secondary N) is 1. The Kier molecular flexibility index (Phi) is 4.51. The number of thiazole rings is 1. The molecule has 22 heavy (non-hydrogen) atoms. The van der Waals surface area contributed by atoms with Gasteiger partial charge < -0.3 is 4.90 Å². The molecule has 0 atom stereocenters. The Morgan fingerprint density at radius 3 is 2.36 bits per heavy atom. The van der Waals surface area contributed by atoms with Crippen LogP contribution in [0.2, 0.25) is 0 Å². The summed E-state index contributed by atoms with van der Waals surface area (Å²) in [4.78, 5) is 29.6. The fourth-order valence-corrected chi connectivity index (χ4v) is 2.71. The minimum absolute atomic E-state index is 0.107. The van der Waals surface area contributed by atoms with Crippen molar-refractivity contribution in [1.29, 1.82) is 0 Å². The van der Waals surface area contributed by atoms with Gasteiger partial charge in [-0.3, -0.25) is 14.9 Å². The number of amides is 2. The van der Waals surface area contributed by atoms with E-state index in [-0.39, 0.29) is 11.0 Å². The first-order valence-corrected chi connectivity index (χ1v) is 7.07. The van der Waals surface area contributed by atoms with Crippen molar-refractivity contribution in [3.05, 3.63) is 46.0 Å². The zero-order valence-electron chi connectivity index (χ0n) is 12.1. The summed E-state index contributed by atoms with van der Waals surface area (Å²) in [6.07, 6.45) is 0. The van der Waals surface area contributed by atoms with Crippen LogP contribution in [0.15, 0.2) is 18.2 Å². The van der Waals surface area contributed by atoms with Crippen molar-refractivity contribution in [1.82, 2.24) is 9.88 Å². The number of hydrogen-bond donors (Lipinski definition) is 1. The van der Waals surface area contributed by atoms with Gasteiger partial charge in [-0.05, 0) is 19.1 Å². The first kappa shape index (κ1) is 16.0. The lowest BCUT2D eigenvalue weighted by Gasteiger charge is -2.07. The van der Waals surface area contributed by atoms with Gasteiger partial charge in [0.05, 0.1) is 5.69 Å². The number of aryl methyl sites for hydroxylation is 1. The average Bonchev–Trinajstić information content (AvgIpc) is 2.78. The molecule has 116 valence electrons. The smallest absolute Gasteiger partial charge is 0.265 e. The van der Waals surface area contributed by atoms with E-state index in [1.807, 2.05) is 0 Å². The third-order valence-corrected chi connectivity index (χ3v) is 3.87. The SMILES string of the molecule is Cc1nc(NC(=O)c2c(F)cccc2F)sc1C(=O)N(C)C. The predicted molar refractivity (Wildman–Crippen MR) is 79.2 cm³/mol. The Hall–Kier alpha value is -2.35. The summed E-state index contributed by atoms with van der Waals surface area (Å²) in [7, 11) is 3.18. The highest BCUT2D eigenvalue weighted by Gasteiger charge is 2.21. The fraction of sp³-hybridized carbons (Fsp3) is 0.214. The fourth-order valence-electron chi connectivity index (χ4n) is 1.73. The average molecular weight is 325 g/mol. The Bertz CT molecular complexity index is 723. The summed E-state index contributed by atoms with van der Waals surface area (Å²) in [6, 6.07) is 3.15. The molecule has 0 spiro atoms. The van der Waals surface area contributed by atoms with Gasteiger partial charge in [-0.1, -0.05) is 17.4 Å². The first-order valence-electron chi connectivity index (χ1n) is 6.25. The predicted octanol–water partition coefficient (Wildman–Crippen LogP) is 2.68. The zero-order valence-corrected chi connectivity index (χ0v) is 12.9. The molecule has 5 nitrogen and oxygen atoms in total. The number of halogens is 2. The summed E-state index contributed by atoms with van der Waals surface area (Å²) in [6.45, 7) is 1.62. The molecule has 0 aliphatic carbocycles. The lowest BCUT2D eigenvalue weighted by molar-refractivity contribution is 0.0831. The molecule has 2 aromatic rings. The molecule has 2 amide bonds. The maximum Gasteiger partial charge on any atom is 0.265 e. The molecule has 0 bridgehead atoms. The van der Waals surface area contributed by atoms with E-state index < -0.39 is 23.1 Å². The quantitative estimate of drug-likeness (QED) is 0.944. The van der Waals surface area contributed by atoms with Gasteiger partial charge in [0.1, 0.15) is 22.1 Å². The Balaban J connectivity index is 2.27. The molecule has 0 saturated carbocycles. The van der Waals surface area contributed by atoms with E-state index in [0.717, 1.165) is 23.5 Å². The van der Waals surface area contributed by atoms with Crippen LogP contribution in [-0.2, 0) is 0 Å². The van der Waals surface area contributed by atoms with Gasteiger partial charge in [0.25, 0.3) is 11.8 Å². The largest absolute Gasteiger partial charge is 0.344 e. The molecule has 0 aliphatic heterocycles. The number of hydrogen-bond acceptors (Lipinski definition) is 4. The summed E-state index contributed by atoms with van der Waals surface area (Å²) >= 11 is 0.951. The van der Waals surface area contributed by atoms with E-state index in [1.165, 1.54) is 11.0 Å². The van der Waals surface area contributed by atoms with Crippen LogP contribution in [0, 0.1) is 18.6 Å². The van der Waals surface area contributed by atoms with Gasteiger partial charge in [0, 0.05) is 14.1 Å². The second-order valence-electron chi connectivity index (χ2n) is 4.68. The molecular formula is C14H13F2N3O2S. The third kappa shape index (κ3) is 3.11. The number of benzene rings is 1. The lowest BCUT2D eigenvalue weighted by atomic mass is 10.2. The minimum atomic E-state index is -0.963. The van der Waals surface area contributed by atoms with Crippen LogP contribution in [0.5, 0.6) is 0 Å². The van der Waals surface area contributed by atoms with Crippen molar-refractivity contribution in [3.8, 4) is 0 Å². The van der Waals surface area contributed by atoms with Crippen molar-refractivity contribution in [2.24, 2.45) is 0 Å². The van der Waals surface area contributed by atoms with Crippen molar-refractivity contribution in [2.75, 3.05) is 19.4 Å². The number of carbonyl (C=O) groups is 2. The molecule has 1 N–H and O–H groups in total. The topological polar surface area (TPSA) is 62.3 Å². The highest BCUT2D eigenvalue weighted by atomic mass is 32.1. The van der Waals surface area contributed by atoms with E-state index in [2.05, 4.69) is 10.3 Å². The molecule has 1 heterocycles.